The predicted molar refractivity (Wildman–Crippen MR) is 68.2 cm³/mol. The molecule has 0 atom stereocenters. The van der Waals surface area contributed by atoms with Crippen LogP contribution in [0.3, 0.4) is 0 Å². The van der Waals surface area contributed by atoms with E-state index in [1.807, 2.05) is 0 Å². The fourth-order valence-electron chi connectivity index (χ4n) is 1.55. The lowest BCUT2D eigenvalue weighted by Gasteiger charge is -2.17. The normalized spacial score (nSPS) is 10.5. The maximum absolute atomic E-state index is 10.9. The maximum Gasteiger partial charge on any atom is 0.248 e. The lowest BCUT2D eigenvalue weighted by Crippen LogP contribution is -2.27. The molecule has 0 saturated heterocycles. The number of likely N-dealkylation sites (N-methyl/N-ethyl adjacent to an activating group) is 1. The van der Waals surface area contributed by atoms with E-state index >= 15 is 0 Å². The Hall–Kier alpha value is -1.55. The van der Waals surface area contributed by atoms with Gasteiger partial charge in [0.2, 0.25) is 5.91 Å². The van der Waals surface area contributed by atoms with Crippen LogP contribution in [0, 0.1) is 0 Å². The third-order valence-corrected chi connectivity index (χ3v) is 2.71. The zero-order chi connectivity index (χ0) is 12.7. The van der Waals surface area contributed by atoms with E-state index in [0.717, 1.165) is 25.4 Å². The van der Waals surface area contributed by atoms with Crippen molar-refractivity contribution in [1.82, 2.24) is 4.90 Å². The van der Waals surface area contributed by atoms with E-state index in [-0.39, 0.29) is 0 Å². The van der Waals surface area contributed by atoms with Gasteiger partial charge in [-0.25, -0.2) is 0 Å². The van der Waals surface area contributed by atoms with Gasteiger partial charge in [-0.05, 0) is 37.4 Å². The Balaban J connectivity index is 2.39. The third-order valence-electron chi connectivity index (χ3n) is 2.71. The summed E-state index contributed by atoms with van der Waals surface area (Å²) < 4.78 is 5.58. The second-order valence-corrected chi connectivity index (χ2v) is 3.76. The minimum Gasteiger partial charge on any atom is -0.492 e. The summed E-state index contributed by atoms with van der Waals surface area (Å²) >= 11 is 0. The van der Waals surface area contributed by atoms with Crippen molar-refractivity contribution in [3.05, 3.63) is 29.8 Å². The van der Waals surface area contributed by atoms with Gasteiger partial charge in [0.05, 0.1) is 0 Å². The molecular formula is C13H20N2O2. The summed E-state index contributed by atoms with van der Waals surface area (Å²) in [6.45, 7) is 7.87. The summed E-state index contributed by atoms with van der Waals surface area (Å²) in [7, 11) is 0. The van der Waals surface area contributed by atoms with Crippen LogP contribution in [-0.2, 0) is 0 Å². The summed E-state index contributed by atoms with van der Waals surface area (Å²) in [6, 6.07) is 6.88. The largest absolute Gasteiger partial charge is 0.492 e. The smallest absolute Gasteiger partial charge is 0.248 e. The van der Waals surface area contributed by atoms with Crippen molar-refractivity contribution in [1.29, 1.82) is 0 Å². The van der Waals surface area contributed by atoms with E-state index in [2.05, 4.69) is 18.7 Å². The molecule has 0 spiro atoms. The average Bonchev–Trinajstić information content (AvgIpc) is 2.35. The van der Waals surface area contributed by atoms with Gasteiger partial charge in [-0.15, -0.1) is 0 Å². The molecule has 0 saturated carbocycles. The van der Waals surface area contributed by atoms with Gasteiger partial charge in [0.25, 0.3) is 0 Å². The van der Waals surface area contributed by atoms with Crippen LogP contribution in [0.15, 0.2) is 24.3 Å². The van der Waals surface area contributed by atoms with E-state index in [1.165, 1.54) is 0 Å². The first-order chi connectivity index (χ1) is 8.17. The van der Waals surface area contributed by atoms with E-state index in [0.29, 0.717) is 12.2 Å². The third kappa shape index (κ3) is 4.44. The highest BCUT2D eigenvalue weighted by Crippen LogP contribution is 2.11. The minimum absolute atomic E-state index is 0.417. The lowest BCUT2D eigenvalue weighted by molar-refractivity contribution is 0.100. The molecule has 0 fully saturated rings. The first-order valence-electron chi connectivity index (χ1n) is 5.92. The molecule has 1 aromatic carbocycles. The van der Waals surface area contributed by atoms with Crippen molar-refractivity contribution in [2.45, 2.75) is 13.8 Å². The van der Waals surface area contributed by atoms with Crippen molar-refractivity contribution >= 4 is 5.91 Å². The van der Waals surface area contributed by atoms with Crippen molar-refractivity contribution in [3.8, 4) is 5.75 Å². The van der Waals surface area contributed by atoms with Crippen LogP contribution in [0.4, 0.5) is 0 Å². The standard InChI is InChI=1S/C13H20N2O2/c1-3-15(4-2)9-10-17-12-7-5-11(6-8-12)13(14)16/h5-8H,3-4,9-10H2,1-2H3,(H2,14,16). The number of primary amides is 1. The van der Waals surface area contributed by atoms with Crippen LogP contribution in [0.1, 0.15) is 24.2 Å². The number of nitrogens with two attached hydrogens (primary N) is 1. The van der Waals surface area contributed by atoms with Gasteiger partial charge in [0.15, 0.2) is 0 Å². The van der Waals surface area contributed by atoms with Crippen LogP contribution >= 0.6 is 0 Å². The van der Waals surface area contributed by atoms with Gasteiger partial charge in [0.1, 0.15) is 12.4 Å². The van der Waals surface area contributed by atoms with Gasteiger partial charge in [-0.2, -0.15) is 0 Å². The molecule has 0 aromatic heterocycles. The molecule has 1 rings (SSSR count). The van der Waals surface area contributed by atoms with E-state index in [9.17, 15) is 4.79 Å². The Kier molecular flexibility index (Phi) is 5.49. The Morgan fingerprint density at radius 2 is 1.82 bits per heavy atom. The highest BCUT2D eigenvalue weighted by Gasteiger charge is 2.01. The molecule has 2 N–H and O–H groups in total. The second-order valence-electron chi connectivity index (χ2n) is 3.76. The number of nitrogens with zero attached hydrogens (tertiary/aromatic N) is 1. The van der Waals surface area contributed by atoms with Crippen molar-refractivity contribution in [2.24, 2.45) is 5.73 Å². The Morgan fingerprint density at radius 3 is 2.29 bits per heavy atom. The molecule has 17 heavy (non-hydrogen) atoms. The molecular weight excluding hydrogens is 216 g/mol. The zero-order valence-electron chi connectivity index (χ0n) is 10.5. The Labute approximate surface area is 102 Å². The van der Waals surface area contributed by atoms with Gasteiger partial charge in [0, 0.05) is 12.1 Å². The van der Waals surface area contributed by atoms with Gasteiger partial charge >= 0.3 is 0 Å². The summed E-state index contributed by atoms with van der Waals surface area (Å²) in [5.74, 6) is 0.349. The van der Waals surface area contributed by atoms with Crippen LogP contribution in [0.2, 0.25) is 0 Å². The molecule has 0 bridgehead atoms. The summed E-state index contributed by atoms with van der Waals surface area (Å²) in [5.41, 5.74) is 5.65. The SMILES string of the molecule is CCN(CC)CCOc1ccc(C(N)=O)cc1. The number of rotatable bonds is 7. The minimum atomic E-state index is -0.417. The molecule has 4 heteroatoms. The predicted octanol–water partition coefficient (Wildman–Crippen LogP) is 1.51. The molecule has 0 radical (unpaired) electrons. The molecule has 4 nitrogen and oxygen atoms in total. The zero-order valence-corrected chi connectivity index (χ0v) is 10.5. The number of carbonyl (C=O) groups is 1. The number of amides is 1. The van der Waals surface area contributed by atoms with E-state index in [4.69, 9.17) is 10.5 Å². The van der Waals surface area contributed by atoms with Gasteiger partial charge in [-0.1, -0.05) is 13.8 Å². The topological polar surface area (TPSA) is 55.6 Å². The lowest BCUT2D eigenvalue weighted by atomic mass is 10.2. The monoisotopic (exact) mass is 236 g/mol. The summed E-state index contributed by atoms with van der Waals surface area (Å²) in [5, 5.41) is 0. The van der Waals surface area contributed by atoms with Crippen LogP contribution in [0.25, 0.3) is 0 Å². The molecule has 94 valence electrons. The van der Waals surface area contributed by atoms with Crippen LogP contribution < -0.4 is 10.5 Å². The molecule has 0 aliphatic rings. The quantitative estimate of drug-likeness (QED) is 0.780. The molecule has 0 aliphatic heterocycles. The fourth-order valence-corrected chi connectivity index (χ4v) is 1.55. The second kappa shape index (κ2) is 6.91. The highest BCUT2D eigenvalue weighted by atomic mass is 16.5. The molecule has 0 unspecified atom stereocenters. The van der Waals surface area contributed by atoms with Gasteiger partial charge in [-0.3, -0.25) is 4.79 Å². The number of ether oxygens (including phenoxy) is 1. The molecule has 0 aliphatic carbocycles. The fraction of sp³-hybridized carbons (Fsp3) is 0.462. The average molecular weight is 236 g/mol. The van der Waals surface area contributed by atoms with E-state index < -0.39 is 5.91 Å². The first-order valence-corrected chi connectivity index (χ1v) is 5.92. The van der Waals surface area contributed by atoms with Crippen molar-refractivity contribution < 1.29 is 9.53 Å². The Morgan fingerprint density at radius 1 is 1.24 bits per heavy atom. The maximum atomic E-state index is 10.9. The van der Waals surface area contributed by atoms with Gasteiger partial charge < -0.3 is 15.4 Å². The van der Waals surface area contributed by atoms with Crippen LogP contribution in [0.5, 0.6) is 5.75 Å². The molecule has 0 heterocycles. The first kappa shape index (κ1) is 13.5. The van der Waals surface area contributed by atoms with Crippen molar-refractivity contribution in [2.75, 3.05) is 26.2 Å². The van der Waals surface area contributed by atoms with Crippen molar-refractivity contribution in [3.63, 3.8) is 0 Å². The number of hydrogen-bond donors (Lipinski definition) is 1. The molecule has 1 amide bonds. The Bertz CT molecular complexity index is 345. The summed E-state index contributed by atoms with van der Waals surface area (Å²) in [6.07, 6.45) is 0. The number of benzene rings is 1. The summed E-state index contributed by atoms with van der Waals surface area (Å²) in [4.78, 5) is 13.2. The van der Waals surface area contributed by atoms with Crippen LogP contribution in [-0.4, -0.2) is 37.0 Å². The number of carbonyl (C=O) groups excluding carboxylic acids is 1. The van der Waals surface area contributed by atoms with E-state index in [1.54, 1.807) is 24.3 Å². The number of hydrogen-bond acceptors (Lipinski definition) is 3. The highest BCUT2D eigenvalue weighted by molar-refractivity contribution is 5.92. The molecule has 1 aromatic rings.